The van der Waals surface area contributed by atoms with Crippen molar-refractivity contribution in [2.75, 3.05) is 6.61 Å². The largest absolute Gasteiger partial charge is 0.286 e. The number of benzene rings is 2. The van der Waals surface area contributed by atoms with Crippen molar-refractivity contribution in [3.05, 3.63) is 64.7 Å². The van der Waals surface area contributed by atoms with Gasteiger partial charge in [-0.3, -0.25) is 4.18 Å². The summed E-state index contributed by atoms with van der Waals surface area (Å²) in [6.45, 7) is 2.24. The van der Waals surface area contributed by atoms with E-state index in [-0.39, 0.29) is 6.61 Å². The standard InChI is InChI=1S/C15H15ClO2S2/c1-12-6-8-14(9-7-12)20(17,19)18-11-10-13-4-2-3-5-15(13)16/h2-9H,10-11H2,1H3. The van der Waals surface area contributed by atoms with Crippen LogP contribution < -0.4 is 0 Å². The van der Waals surface area contributed by atoms with Gasteiger partial charge in [0.15, 0.2) is 8.77 Å². The molecule has 20 heavy (non-hydrogen) atoms. The first-order valence-electron chi connectivity index (χ1n) is 6.18. The first kappa shape index (κ1) is 15.4. The predicted molar refractivity (Wildman–Crippen MR) is 86.1 cm³/mol. The van der Waals surface area contributed by atoms with E-state index in [1.54, 1.807) is 12.1 Å². The van der Waals surface area contributed by atoms with Crippen LogP contribution in [0.4, 0.5) is 0 Å². The van der Waals surface area contributed by atoms with Crippen LogP contribution in [0.25, 0.3) is 0 Å². The number of hydrogen-bond acceptors (Lipinski definition) is 3. The predicted octanol–water partition coefficient (Wildman–Crippen LogP) is 3.93. The Morgan fingerprint density at radius 2 is 1.80 bits per heavy atom. The molecule has 0 spiro atoms. The van der Waals surface area contributed by atoms with Crippen LogP contribution in [0.3, 0.4) is 0 Å². The average molecular weight is 327 g/mol. The summed E-state index contributed by atoms with van der Waals surface area (Å²) in [6, 6.07) is 14.8. The van der Waals surface area contributed by atoms with Crippen molar-refractivity contribution in [2.45, 2.75) is 18.2 Å². The van der Waals surface area contributed by atoms with Gasteiger partial charge in [0, 0.05) is 16.2 Å². The summed E-state index contributed by atoms with van der Waals surface area (Å²) in [4.78, 5) is 0.539. The highest BCUT2D eigenvalue weighted by Crippen LogP contribution is 2.17. The molecule has 0 aliphatic rings. The first-order valence-corrected chi connectivity index (χ1v) is 8.97. The fraction of sp³-hybridized carbons (Fsp3) is 0.200. The molecule has 5 heteroatoms. The van der Waals surface area contributed by atoms with Crippen molar-refractivity contribution in [1.82, 2.24) is 0 Å². The Kier molecular flexibility index (Phi) is 5.16. The SMILES string of the molecule is Cc1ccc(S(=O)(=S)OCCc2ccccc2Cl)cc1. The summed E-state index contributed by atoms with van der Waals surface area (Å²) in [5, 5.41) is 0.683. The monoisotopic (exact) mass is 326 g/mol. The number of aryl methyl sites for hydroxylation is 1. The van der Waals surface area contributed by atoms with Gasteiger partial charge in [-0.05, 0) is 37.1 Å². The number of hydrogen-bond donors (Lipinski definition) is 0. The zero-order chi connectivity index (χ0) is 14.6. The van der Waals surface area contributed by atoms with Crippen LogP contribution in [-0.4, -0.2) is 10.8 Å². The Bertz CT molecular complexity index is 679. The van der Waals surface area contributed by atoms with Crippen LogP contribution in [0.5, 0.6) is 0 Å². The third-order valence-corrected chi connectivity index (χ3v) is 5.44. The molecule has 0 N–H and O–H groups in total. The molecule has 2 aromatic carbocycles. The molecular weight excluding hydrogens is 312 g/mol. The van der Waals surface area contributed by atoms with Crippen molar-refractivity contribution < 1.29 is 8.39 Å². The van der Waals surface area contributed by atoms with Gasteiger partial charge in [0.1, 0.15) is 0 Å². The van der Waals surface area contributed by atoms with E-state index in [9.17, 15) is 4.21 Å². The number of halogens is 1. The maximum atomic E-state index is 12.3. The maximum Gasteiger partial charge on any atom is 0.173 e. The van der Waals surface area contributed by atoms with Gasteiger partial charge >= 0.3 is 0 Å². The molecule has 0 saturated heterocycles. The van der Waals surface area contributed by atoms with E-state index in [1.807, 2.05) is 43.3 Å². The lowest BCUT2D eigenvalue weighted by molar-refractivity contribution is 0.350. The number of rotatable bonds is 5. The fourth-order valence-corrected chi connectivity index (χ4v) is 3.41. The highest BCUT2D eigenvalue weighted by molar-refractivity contribution is 8.30. The van der Waals surface area contributed by atoms with Gasteiger partial charge in [-0.15, -0.1) is 0 Å². The lowest BCUT2D eigenvalue weighted by Gasteiger charge is -2.09. The molecule has 2 nitrogen and oxygen atoms in total. The van der Waals surface area contributed by atoms with Crippen molar-refractivity contribution in [2.24, 2.45) is 0 Å². The van der Waals surface area contributed by atoms with E-state index >= 15 is 0 Å². The van der Waals surface area contributed by atoms with E-state index in [4.69, 9.17) is 27.0 Å². The highest BCUT2D eigenvalue weighted by Gasteiger charge is 2.10. The van der Waals surface area contributed by atoms with Crippen LogP contribution in [-0.2, 0) is 30.6 Å². The van der Waals surface area contributed by atoms with E-state index in [1.165, 1.54) is 0 Å². The second-order valence-corrected chi connectivity index (χ2v) is 7.77. The molecule has 0 heterocycles. The van der Waals surface area contributed by atoms with Crippen LogP contribution in [0.1, 0.15) is 11.1 Å². The molecule has 0 fully saturated rings. The summed E-state index contributed by atoms with van der Waals surface area (Å²) in [5.74, 6) is 0. The van der Waals surface area contributed by atoms with Crippen LogP contribution in [0.15, 0.2) is 53.4 Å². The van der Waals surface area contributed by atoms with Gasteiger partial charge in [0.2, 0.25) is 0 Å². The third kappa shape index (κ3) is 4.03. The van der Waals surface area contributed by atoms with Gasteiger partial charge in [0.05, 0.1) is 11.5 Å². The molecule has 0 aliphatic heterocycles. The van der Waals surface area contributed by atoms with E-state index < -0.39 is 8.77 Å². The van der Waals surface area contributed by atoms with Gasteiger partial charge < -0.3 is 0 Å². The average Bonchev–Trinajstić information content (AvgIpc) is 2.41. The zero-order valence-corrected chi connectivity index (χ0v) is 13.4. The summed E-state index contributed by atoms with van der Waals surface area (Å²) in [7, 11) is -2.87. The van der Waals surface area contributed by atoms with Crippen molar-refractivity contribution in [1.29, 1.82) is 0 Å². The minimum Gasteiger partial charge on any atom is -0.286 e. The van der Waals surface area contributed by atoms with E-state index in [2.05, 4.69) is 0 Å². The minimum atomic E-state index is -2.87. The Morgan fingerprint density at radius 3 is 2.45 bits per heavy atom. The molecule has 1 atom stereocenters. The molecule has 106 valence electrons. The summed E-state index contributed by atoms with van der Waals surface area (Å²) < 4.78 is 17.7. The van der Waals surface area contributed by atoms with Crippen molar-refractivity contribution in [3.8, 4) is 0 Å². The summed E-state index contributed by atoms with van der Waals surface area (Å²) >= 11 is 11.1. The Balaban J connectivity index is 2.00. The molecule has 0 saturated carbocycles. The van der Waals surface area contributed by atoms with Crippen LogP contribution in [0.2, 0.25) is 5.02 Å². The quantitative estimate of drug-likeness (QED) is 0.832. The second kappa shape index (κ2) is 6.68. The van der Waals surface area contributed by atoms with Crippen molar-refractivity contribution >= 4 is 31.6 Å². The lowest BCUT2D eigenvalue weighted by Crippen LogP contribution is -2.08. The normalized spacial score (nSPS) is 13.9. The molecule has 0 radical (unpaired) electrons. The molecule has 2 rings (SSSR count). The Labute approximate surface area is 129 Å². The zero-order valence-electron chi connectivity index (χ0n) is 11.0. The first-order chi connectivity index (χ1) is 9.49. The van der Waals surface area contributed by atoms with E-state index in [0.717, 1.165) is 11.1 Å². The Morgan fingerprint density at radius 1 is 1.15 bits per heavy atom. The fourth-order valence-electron chi connectivity index (χ4n) is 1.74. The van der Waals surface area contributed by atoms with Gasteiger partial charge in [0.25, 0.3) is 0 Å². The molecular formula is C15H15ClO2S2. The molecule has 0 bridgehead atoms. The molecule has 1 unspecified atom stereocenters. The van der Waals surface area contributed by atoms with Gasteiger partial charge in [-0.25, -0.2) is 4.21 Å². The summed E-state index contributed by atoms with van der Waals surface area (Å²) in [5.41, 5.74) is 2.05. The highest BCUT2D eigenvalue weighted by atomic mass is 35.5. The minimum absolute atomic E-state index is 0.278. The molecule has 0 aliphatic carbocycles. The van der Waals surface area contributed by atoms with Crippen molar-refractivity contribution in [3.63, 3.8) is 0 Å². The van der Waals surface area contributed by atoms with Crippen LogP contribution >= 0.6 is 11.6 Å². The van der Waals surface area contributed by atoms with Crippen LogP contribution in [0, 0.1) is 6.92 Å². The third-order valence-electron chi connectivity index (χ3n) is 2.88. The smallest absolute Gasteiger partial charge is 0.173 e. The Hall–Kier alpha value is -0.940. The van der Waals surface area contributed by atoms with E-state index in [0.29, 0.717) is 16.3 Å². The summed E-state index contributed by atoms with van der Waals surface area (Å²) in [6.07, 6.45) is 0.583. The van der Waals surface area contributed by atoms with Gasteiger partial charge in [-0.1, -0.05) is 47.5 Å². The second-order valence-electron chi connectivity index (χ2n) is 4.43. The topological polar surface area (TPSA) is 26.3 Å². The molecule has 2 aromatic rings. The maximum absolute atomic E-state index is 12.3. The lowest BCUT2D eigenvalue weighted by atomic mass is 10.2. The molecule has 0 aromatic heterocycles. The molecule has 0 amide bonds. The van der Waals surface area contributed by atoms with Gasteiger partial charge in [-0.2, -0.15) is 0 Å².